The van der Waals surface area contributed by atoms with Crippen LogP contribution in [0.15, 0.2) is 48.5 Å². The number of ether oxygens (including phenoxy) is 3. The molecule has 1 unspecified atom stereocenters. The van der Waals surface area contributed by atoms with Crippen molar-refractivity contribution in [3.8, 4) is 5.75 Å². The Morgan fingerprint density at radius 3 is 2.47 bits per heavy atom. The van der Waals surface area contributed by atoms with Crippen LogP contribution in [0.25, 0.3) is 0 Å². The summed E-state index contributed by atoms with van der Waals surface area (Å²) in [7, 11) is 1.67. The Labute approximate surface area is 198 Å². The number of amides is 1. The molecular formula is C26H28N2O6. The summed E-state index contributed by atoms with van der Waals surface area (Å²) in [5.41, 5.74) is 3.14. The van der Waals surface area contributed by atoms with Crippen molar-refractivity contribution >= 4 is 23.5 Å². The largest absolute Gasteiger partial charge is 0.497 e. The predicted octanol–water partition coefficient (Wildman–Crippen LogP) is 2.65. The van der Waals surface area contributed by atoms with Crippen molar-refractivity contribution in [2.45, 2.75) is 37.4 Å². The van der Waals surface area contributed by atoms with Gasteiger partial charge in [0.05, 0.1) is 7.11 Å². The third-order valence-corrected chi connectivity index (χ3v) is 6.98. The highest BCUT2D eigenvalue weighted by atomic mass is 16.8. The van der Waals surface area contributed by atoms with E-state index in [0.29, 0.717) is 18.9 Å². The number of para-hydroxylation sites is 1. The van der Waals surface area contributed by atoms with E-state index in [4.69, 9.17) is 14.2 Å². The zero-order chi connectivity index (χ0) is 23.7. The van der Waals surface area contributed by atoms with Crippen LogP contribution in [0.3, 0.4) is 0 Å². The molecule has 0 aliphatic carbocycles. The maximum absolute atomic E-state index is 13.3. The first-order valence-corrected chi connectivity index (χ1v) is 11.7. The number of benzene rings is 2. The zero-order valence-corrected chi connectivity index (χ0v) is 19.2. The lowest BCUT2D eigenvalue weighted by molar-refractivity contribution is -0.192. The number of anilines is 1. The normalized spacial score (nSPS) is 22.2. The lowest BCUT2D eigenvalue weighted by Crippen LogP contribution is -2.55. The molecule has 3 aliphatic heterocycles. The number of hydrogen-bond donors (Lipinski definition) is 0. The van der Waals surface area contributed by atoms with Gasteiger partial charge in [0, 0.05) is 31.7 Å². The van der Waals surface area contributed by atoms with E-state index in [0.717, 1.165) is 49.5 Å². The van der Waals surface area contributed by atoms with Crippen LogP contribution in [0, 0.1) is 0 Å². The average Bonchev–Trinajstić information content (AvgIpc) is 3.44. The van der Waals surface area contributed by atoms with Gasteiger partial charge in [-0.2, -0.15) is 0 Å². The fourth-order valence-electron chi connectivity index (χ4n) is 5.15. The average molecular weight is 465 g/mol. The second kappa shape index (κ2) is 9.10. The van der Waals surface area contributed by atoms with E-state index in [-0.39, 0.29) is 6.42 Å². The van der Waals surface area contributed by atoms with E-state index in [9.17, 15) is 14.4 Å². The first kappa shape index (κ1) is 22.4. The van der Waals surface area contributed by atoms with Crippen LogP contribution in [0.2, 0.25) is 0 Å². The quantitative estimate of drug-likeness (QED) is 0.480. The van der Waals surface area contributed by atoms with Crippen molar-refractivity contribution in [2.75, 3.05) is 38.2 Å². The number of methoxy groups -OCH3 is 1. The van der Waals surface area contributed by atoms with E-state index in [1.165, 1.54) is 5.56 Å². The molecule has 0 bridgehead atoms. The molecule has 3 heterocycles. The van der Waals surface area contributed by atoms with Crippen LogP contribution < -0.4 is 9.64 Å². The van der Waals surface area contributed by atoms with Gasteiger partial charge in [-0.15, -0.1) is 0 Å². The molecule has 3 aliphatic rings. The van der Waals surface area contributed by atoms with Gasteiger partial charge < -0.3 is 24.0 Å². The van der Waals surface area contributed by atoms with Crippen LogP contribution in [0.4, 0.5) is 5.69 Å². The molecule has 5 rings (SSSR count). The number of hydrogen-bond acceptors (Lipinski definition) is 7. The summed E-state index contributed by atoms with van der Waals surface area (Å²) >= 11 is 0. The van der Waals surface area contributed by atoms with Crippen molar-refractivity contribution < 1.29 is 28.6 Å². The molecule has 0 radical (unpaired) electrons. The molecule has 0 N–H and O–H groups in total. The molecule has 34 heavy (non-hydrogen) atoms. The predicted molar refractivity (Wildman–Crippen MR) is 123 cm³/mol. The van der Waals surface area contributed by atoms with E-state index in [1.54, 1.807) is 12.0 Å². The van der Waals surface area contributed by atoms with Crippen molar-refractivity contribution in [1.29, 1.82) is 0 Å². The smallest absolute Gasteiger partial charge is 0.421 e. The zero-order valence-electron chi connectivity index (χ0n) is 19.2. The second-order valence-corrected chi connectivity index (χ2v) is 9.03. The lowest BCUT2D eigenvalue weighted by atomic mass is 9.98. The maximum Gasteiger partial charge on any atom is 0.421 e. The monoisotopic (exact) mass is 464 g/mol. The Bertz CT molecular complexity index is 1080. The number of piperidine rings is 1. The van der Waals surface area contributed by atoms with Crippen LogP contribution in [0.1, 0.15) is 36.3 Å². The highest BCUT2D eigenvalue weighted by Crippen LogP contribution is 2.36. The molecule has 1 amide bonds. The lowest BCUT2D eigenvalue weighted by Gasteiger charge is -2.36. The van der Waals surface area contributed by atoms with Gasteiger partial charge in [0.15, 0.2) is 0 Å². The van der Waals surface area contributed by atoms with Gasteiger partial charge in [0.1, 0.15) is 5.75 Å². The van der Waals surface area contributed by atoms with Crippen LogP contribution >= 0.6 is 0 Å². The fraction of sp³-hybridized carbons (Fsp3) is 0.423. The highest BCUT2D eigenvalue weighted by Gasteiger charge is 2.58. The summed E-state index contributed by atoms with van der Waals surface area (Å²) in [6.45, 7) is 3.37. The minimum atomic E-state index is -1.82. The number of rotatable bonds is 6. The summed E-state index contributed by atoms with van der Waals surface area (Å²) < 4.78 is 15.5. The summed E-state index contributed by atoms with van der Waals surface area (Å²) in [6, 6.07) is 16.1. The fourth-order valence-corrected chi connectivity index (χ4v) is 5.15. The number of carbonyl (C=O) groups is 3. The Hall–Kier alpha value is -3.39. The van der Waals surface area contributed by atoms with Gasteiger partial charge in [0.25, 0.3) is 0 Å². The van der Waals surface area contributed by atoms with E-state index in [1.807, 2.05) is 36.4 Å². The Morgan fingerprint density at radius 1 is 1.00 bits per heavy atom. The van der Waals surface area contributed by atoms with E-state index in [2.05, 4.69) is 17.0 Å². The minimum absolute atomic E-state index is 0.183. The molecule has 0 saturated carbocycles. The third kappa shape index (κ3) is 4.14. The molecule has 178 valence electrons. The molecule has 1 spiro atoms. The van der Waals surface area contributed by atoms with Gasteiger partial charge in [-0.05, 0) is 61.1 Å². The van der Waals surface area contributed by atoms with Crippen LogP contribution in [-0.4, -0.2) is 61.8 Å². The first-order valence-electron chi connectivity index (χ1n) is 11.7. The summed E-state index contributed by atoms with van der Waals surface area (Å²) in [5.74, 6) is -3.16. The minimum Gasteiger partial charge on any atom is -0.497 e. The molecular weight excluding hydrogens is 436 g/mol. The van der Waals surface area contributed by atoms with Gasteiger partial charge in [0.2, 0.25) is 0 Å². The number of esters is 2. The SMILES string of the molecule is COc1ccc(C2CCN(CCc3ccccc3N3CCCC4(OC(=O)C(=O)O4)C3=O)C2)cc1. The summed E-state index contributed by atoms with van der Waals surface area (Å²) in [5, 5.41) is 0. The van der Waals surface area contributed by atoms with Crippen molar-refractivity contribution in [3.05, 3.63) is 59.7 Å². The molecule has 2 aromatic rings. The number of carbonyl (C=O) groups excluding carboxylic acids is 3. The first-order chi connectivity index (χ1) is 16.5. The highest BCUT2D eigenvalue weighted by molar-refractivity contribution is 6.32. The molecule has 8 heteroatoms. The van der Waals surface area contributed by atoms with E-state index < -0.39 is 23.6 Å². The number of likely N-dealkylation sites (tertiary alicyclic amines) is 1. The Kier molecular flexibility index (Phi) is 6.00. The van der Waals surface area contributed by atoms with Gasteiger partial charge in [-0.25, -0.2) is 9.59 Å². The van der Waals surface area contributed by atoms with Gasteiger partial charge in [-0.1, -0.05) is 30.3 Å². The van der Waals surface area contributed by atoms with Crippen LogP contribution in [0.5, 0.6) is 5.75 Å². The van der Waals surface area contributed by atoms with Crippen LogP contribution in [-0.2, 0) is 30.3 Å². The van der Waals surface area contributed by atoms with Crippen molar-refractivity contribution in [3.63, 3.8) is 0 Å². The standard InChI is InChI=1S/C26H28N2O6/c1-32-21-9-7-18(8-10-21)20-12-16-27(17-20)15-11-19-5-2-3-6-22(19)28-14-4-13-26(25(28)31)33-23(29)24(30)34-26/h2-3,5-10,20H,4,11-17H2,1H3. The van der Waals surface area contributed by atoms with Gasteiger partial charge >= 0.3 is 23.6 Å². The molecule has 3 saturated heterocycles. The van der Waals surface area contributed by atoms with Crippen molar-refractivity contribution in [1.82, 2.24) is 4.90 Å². The molecule has 8 nitrogen and oxygen atoms in total. The van der Waals surface area contributed by atoms with Crippen molar-refractivity contribution in [2.24, 2.45) is 0 Å². The van der Waals surface area contributed by atoms with E-state index >= 15 is 0 Å². The topological polar surface area (TPSA) is 85.4 Å². The summed E-state index contributed by atoms with van der Waals surface area (Å²) in [4.78, 5) is 40.6. The molecule has 0 aromatic heterocycles. The number of nitrogens with zero attached hydrogens (tertiary/aromatic N) is 2. The molecule has 1 atom stereocenters. The maximum atomic E-state index is 13.3. The molecule has 3 fully saturated rings. The summed E-state index contributed by atoms with van der Waals surface area (Å²) in [6.07, 6.45) is 2.64. The Balaban J connectivity index is 1.25. The molecule has 2 aromatic carbocycles. The Morgan fingerprint density at radius 2 is 1.74 bits per heavy atom. The second-order valence-electron chi connectivity index (χ2n) is 9.03. The third-order valence-electron chi connectivity index (χ3n) is 6.98. The van der Waals surface area contributed by atoms with Gasteiger partial charge in [-0.3, -0.25) is 4.79 Å².